The standard InChI is InChI=1S/C30H35NO5/c1-17(2)16-36-30(33)27-19(4)31-23-13-22(20-10-11-25(34-5)26(15-20)35-6)14-24(32)29(23)28(27)21-9-7-8-18(3)12-21/h7-12,15,17,22,28,31H,13-14,16H2,1-6H3/t22-,28+/m0/s1. The van der Waals surface area contributed by atoms with Gasteiger partial charge in [-0.2, -0.15) is 0 Å². The lowest BCUT2D eigenvalue weighted by atomic mass is 9.71. The van der Waals surface area contributed by atoms with Gasteiger partial charge in [0.15, 0.2) is 17.3 Å². The summed E-state index contributed by atoms with van der Waals surface area (Å²) in [6.45, 7) is 8.25. The van der Waals surface area contributed by atoms with Crippen molar-refractivity contribution in [1.82, 2.24) is 5.32 Å². The van der Waals surface area contributed by atoms with Crippen molar-refractivity contribution in [2.75, 3.05) is 20.8 Å². The molecule has 0 saturated carbocycles. The fourth-order valence-corrected chi connectivity index (χ4v) is 5.16. The van der Waals surface area contributed by atoms with Gasteiger partial charge in [0, 0.05) is 29.3 Å². The summed E-state index contributed by atoms with van der Waals surface area (Å²) in [6.07, 6.45) is 1.01. The Balaban J connectivity index is 1.75. The van der Waals surface area contributed by atoms with Gasteiger partial charge in [0.05, 0.1) is 26.4 Å². The molecule has 1 N–H and O–H groups in total. The van der Waals surface area contributed by atoms with Crippen LogP contribution in [0.4, 0.5) is 0 Å². The highest BCUT2D eigenvalue weighted by Gasteiger charge is 2.41. The second kappa shape index (κ2) is 10.6. The molecule has 6 heteroatoms. The Bertz CT molecular complexity index is 1240. The fraction of sp³-hybridized carbons (Fsp3) is 0.400. The van der Waals surface area contributed by atoms with Crippen LogP contribution in [0.2, 0.25) is 0 Å². The number of allylic oxidation sites excluding steroid dienone is 3. The van der Waals surface area contributed by atoms with Gasteiger partial charge in [0.1, 0.15) is 0 Å². The number of ketones is 1. The van der Waals surface area contributed by atoms with Gasteiger partial charge in [-0.25, -0.2) is 4.79 Å². The minimum Gasteiger partial charge on any atom is -0.493 e. The molecule has 2 aliphatic rings. The van der Waals surface area contributed by atoms with Crippen LogP contribution in [0.3, 0.4) is 0 Å². The quantitative estimate of drug-likeness (QED) is 0.513. The Morgan fingerprint density at radius 2 is 1.75 bits per heavy atom. The van der Waals surface area contributed by atoms with E-state index in [1.807, 2.05) is 64.1 Å². The number of carbonyl (C=O) groups excluding carboxylic acids is 2. The van der Waals surface area contributed by atoms with Crippen LogP contribution >= 0.6 is 0 Å². The van der Waals surface area contributed by atoms with Gasteiger partial charge in [0.2, 0.25) is 0 Å². The van der Waals surface area contributed by atoms with E-state index in [2.05, 4.69) is 11.4 Å². The molecule has 2 aromatic carbocycles. The first-order valence-electron chi connectivity index (χ1n) is 12.4. The summed E-state index contributed by atoms with van der Waals surface area (Å²) in [6, 6.07) is 13.8. The highest BCUT2D eigenvalue weighted by Crippen LogP contribution is 2.46. The first-order valence-corrected chi connectivity index (χ1v) is 12.4. The monoisotopic (exact) mass is 489 g/mol. The lowest BCUT2D eigenvalue weighted by Gasteiger charge is -2.37. The molecule has 2 atom stereocenters. The van der Waals surface area contributed by atoms with Gasteiger partial charge in [-0.1, -0.05) is 49.7 Å². The van der Waals surface area contributed by atoms with Crippen molar-refractivity contribution in [2.45, 2.75) is 52.4 Å². The Labute approximate surface area is 213 Å². The SMILES string of the molecule is COc1ccc([C@@H]2CC(=O)C3=C(C2)NC(C)=C(C(=O)OCC(C)C)[C@H]3c2cccc(C)c2)cc1OC. The molecule has 2 aromatic rings. The number of ether oxygens (including phenoxy) is 3. The van der Waals surface area contributed by atoms with Crippen LogP contribution < -0.4 is 14.8 Å². The number of rotatable bonds is 7. The third-order valence-electron chi connectivity index (χ3n) is 6.85. The number of dihydropyridines is 1. The minimum absolute atomic E-state index is 0.0102. The van der Waals surface area contributed by atoms with Gasteiger partial charge >= 0.3 is 5.97 Å². The first-order chi connectivity index (χ1) is 17.2. The Morgan fingerprint density at radius 3 is 2.42 bits per heavy atom. The molecule has 0 saturated heterocycles. The van der Waals surface area contributed by atoms with E-state index in [-0.39, 0.29) is 23.6 Å². The molecule has 0 unspecified atom stereocenters. The van der Waals surface area contributed by atoms with Gasteiger partial charge in [-0.05, 0) is 55.4 Å². The lowest BCUT2D eigenvalue weighted by Crippen LogP contribution is -2.36. The summed E-state index contributed by atoms with van der Waals surface area (Å²) in [5, 5.41) is 3.41. The van der Waals surface area contributed by atoms with E-state index in [9.17, 15) is 9.59 Å². The molecule has 36 heavy (non-hydrogen) atoms. The first kappa shape index (κ1) is 25.5. The molecule has 190 valence electrons. The molecule has 1 aliphatic carbocycles. The average Bonchev–Trinajstić information content (AvgIpc) is 2.85. The van der Waals surface area contributed by atoms with Crippen molar-refractivity contribution < 1.29 is 23.8 Å². The van der Waals surface area contributed by atoms with E-state index in [1.165, 1.54) is 0 Å². The highest BCUT2D eigenvalue weighted by atomic mass is 16.5. The van der Waals surface area contributed by atoms with Crippen LogP contribution in [0.25, 0.3) is 0 Å². The maximum atomic E-state index is 13.8. The summed E-state index contributed by atoms with van der Waals surface area (Å²) in [4.78, 5) is 27.1. The van der Waals surface area contributed by atoms with Crippen molar-refractivity contribution >= 4 is 11.8 Å². The maximum Gasteiger partial charge on any atom is 0.336 e. The smallest absolute Gasteiger partial charge is 0.336 e. The predicted octanol–water partition coefficient (Wildman–Crippen LogP) is 5.57. The van der Waals surface area contributed by atoms with Crippen molar-refractivity contribution in [1.29, 1.82) is 0 Å². The van der Waals surface area contributed by atoms with Crippen LogP contribution in [0.15, 0.2) is 65.0 Å². The number of hydrogen-bond donors (Lipinski definition) is 1. The number of hydrogen-bond acceptors (Lipinski definition) is 6. The molecule has 0 spiro atoms. The summed E-state index contributed by atoms with van der Waals surface area (Å²) in [7, 11) is 3.21. The molecule has 1 heterocycles. The number of nitrogens with one attached hydrogen (secondary N) is 1. The van der Waals surface area contributed by atoms with E-state index in [0.717, 1.165) is 28.1 Å². The van der Waals surface area contributed by atoms with Crippen LogP contribution in [0.5, 0.6) is 11.5 Å². The summed E-state index contributed by atoms with van der Waals surface area (Å²) in [5.74, 6) is 0.712. The average molecular weight is 490 g/mol. The zero-order valence-electron chi connectivity index (χ0n) is 21.9. The molecule has 0 fully saturated rings. The second-order valence-electron chi connectivity index (χ2n) is 10.0. The normalized spacial score (nSPS) is 19.7. The van der Waals surface area contributed by atoms with Crippen molar-refractivity contribution in [3.8, 4) is 11.5 Å². The van der Waals surface area contributed by atoms with Crippen LogP contribution in [0.1, 0.15) is 62.1 Å². The number of aryl methyl sites for hydroxylation is 1. The zero-order chi connectivity index (χ0) is 26.0. The summed E-state index contributed by atoms with van der Waals surface area (Å²) in [5.41, 5.74) is 5.80. The number of carbonyl (C=O) groups is 2. The molecule has 4 rings (SSSR count). The van der Waals surface area contributed by atoms with E-state index >= 15 is 0 Å². The third-order valence-corrected chi connectivity index (χ3v) is 6.85. The predicted molar refractivity (Wildman–Crippen MR) is 139 cm³/mol. The number of benzene rings is 2. The van der Waals surface area contributed by atoms with E-state index < -0.39 is 5.92 Å². The van der Waals surface area contributed by atoms with Crippen molar-refractivity contribution in [3.05, 3.63) is 81.7 Å². The molecule has 1 aliphatic heterocycles. The van der Waals surface area contributed by atoms with Crippen molar-refractivity contribution in [3.63, 3.8) is 0 Å². The van der Waals surface area contributed by atoms with E-state index in [1.54, 1.807) is 14.2 Å². The van der Waals surface area contributed by atoms with Gasteiger partial charge in [-0.15, -0.1) is 0 Å². The molecule has 6 nitrogen and oxygen atoms in total. The molecular formula is C30H35NO5. The molecule has 0 bridgehead atoms. The summed E-state index contributed by atoms with van der Waals surface area (Å²) < 4.78 is 16.5. The lowest BCUT2D eigenvalue weighted by molar-refractivity contribution is -0.140. The van der Waals surface area contributed by atoms with E-state index in [0.29, 0.717) is 42.1 Å². The second-order valence-corrected chi connectivity index (χ2v) is 10.0. The largest absolute Gasteiger partial charge is 0.493 e. The topological polar surface area (TPSA) is 73.9 Å². The fourth-order valence-electron chi connectivity index (χ4n) is 5.16. The Morgan fingerprint density at radius 1 is 1.00 bits per heavy atom. The van der Waals surface area contributed by atoms with Gasteiger partial charge in [0.25, 0.3) is 0 Å². The van der Waals surface area contributed by atoms with Crippen LogP contribution in [0, 0.1) is 12.8 Å². The van der Waals surface area contributed by atoms with Crippen LogP contribution in [-0.2, 0) is 14.3 Å². The molecule has 0 radical (unpaired) electrons. The van der Waals surface area contributed by atoms with Gasteiger partial charge in [-0.3, -0.25) is 4.79 Å². The minimum atomic E-state index is -0.459. The van der Waals surface area contributed by atoms with E-state index in [4.69, 9.17) is 14.2 Å². The Kier molecular flexibility index (Phi) is 7.53. The maximum absolute atomic E-state index is 13.8. The summed E-state index contributed by atoms with van der Waals surface area (Å²) >= 11 is 0. The molecule has 0 aromatic heterocycles. The highest BCUT2D eigenvalue weighted by molar-refractivity contribution is 6.04. The number of Topliss-reactive ketones (excluding diaryl/α,β-unsaturated/α-hetero) is 1. The van der Waals surface area contributed by atoms with Gasteiger partial charge < -0.3 is 19.5 Å². The molecule has 0 amide bonds. The number of methoxy groups -OCH3 is 2. The van der Waals surface area contributed by atoms with Crippen molar-refractivity contribution in [2.24, 2.45) is 5.92 Å². The number of esters is 1. The Hall–Kier alpha value is -3.54. The van der Waals surface area contributed by atoms with Crippen LogP contribution in [-0.4, -0.2) is 32.6 Å². The zero-order valence-corrected chi connectivity index (χ0v) is 21.9. The molecular weight excluding hydrogens is 454 g/mol. The third kappa shape index (κ3) is 5.03.